The van der Waals surface area contributed by atoms with Crippen LogP contribution in [0.1, 0.15) is 72.4 Å². The fourth-order valence-electron chi connectivity index (χ4n) is 3.96. The lowest BCUT2D eigenvalue weighted by atomic mass is 9.92. The van der Waals surface area contributed by atoms with E-state index in [2.05, 4.69) is 42.7 Å². The van der Waals surface area contributed by atoms with E-state index in [1.165, 1.54) is 41.0 Å². The number of hydrogen-bond acceptors (Lipinski definition) is 1. The Morgan fingerprint density at radius 3 is 2.61 bits per heavy atom. The number of carbonyl (C=O) groups excluding carboxylic acids is 1. The van der Waals surface area contributed by atoms with Crippen molar-refractivity contribution >= 4 is 5.78 Å². The molecule has 0 saturated heterocycles. The first-order chi connectivity index (χ1) is 11.1. The highest BCUT2D eigenvalue weighted by atomic mass is 16.1. The van der Waals surface area contributed by atoms with Crippen molar-refractivity contribution in [3.05, 3.63) is 52.3 Å². The van der Waals surface area contributed by atoms with Gasteiger partial charge in [0.25, 0.3) is 0 Å². The average Bonchev–Trinajstić information content (AvgIpc) is 2.87. The number of aryl methyl sites for hydroxylation is 1. The van der Waals surface area contributed by atoms with E-state index in [1.807, 2.05) is 0 Å². The molecular formula is C21H27NO. The molecule has 1 aliphatic carbocycles. The number of para-hydroxylation sites is 1. The van der Waals surface area contributed by atoms with E-state index < -0.39 is 0 Å². The maximum Gasteiger partial charge on any atom is 0.161 e. The second-order valence-electron chi connectivity index (χ2n) is 6.74. The molecule has 0 bridgehead atoms. The number of rotatable bonds is 5. The molecule has 0 N–H and O–H groups in total. The van der Waals surface area contributed by atoms with Crippen LogP contribution in [0.25, 0.3) is 5.69 Å². The Kier molecular flexibility index (Phi) is 4.70. The second kappa shape index (κ2) is 6.74. The summed E-state index contributed by atoms with van der Waals surface area (Å²) in [5.74, 6) is 0.238. The van der Waals surface area contributed by atoms with Crippen LogP contribution in [0.3, 0.4) is 0 Å². The van der Waals surface area contributed by atoms with E-state index in [-0.39, 0.29) is 5.78 Å². The van der Waals surface area contributed by atoms with Crippen molar-refractivity contribution in [2.75, 3.05) is 0 Å². The number of ketones is 1. The summed E-state index contributed by atoms with van der Waals surface area (Å²) >= 11 is 0. The molecule has 0 spiro atoms. The predicted octanol–water partition coefficient (Wildman–Crippen LogP) is 5.21. The van der Waals surface area contributed by atoms with E-state index in [0.717, 1.165) is 37.7 Å². The lowest BCUT2D eigenvalue weighted by molar-refractivity contribution is 0.101. The molecule has 2 heteroatoms. The largest absolute Gasteiger partial charge is 0.317 e. The molecule has 0 fully saturated rings. The fourth-order valence-corrected chi connectivity index (χ4v) is 3.96. The molecule has 23 heavy (non-hydrogen) atoms. The third-order valence-corrected chi connectivity index (χ3v) is 5.04. The van der Waals surface area contributed by atoms with Gasteiger partial charge in [-0.05, 0) is 69.6 Å². The Labute approximate surface area is 139 Å². The van der Waals surface area contributed by atoms with E-state index in [0.29, 0.717) is 0 Å². The number of fused-ring (bicyclic) bond motifs is 1. The van der Waals surface area contributed by atoms with Crippen LogP contribution in [0.5, 0.6) is 0 Å². The van der Waals surface area contributed by atoms with Crippen LogP contribution in [0.2, 0.25) is 0 Å². The Balaban J connectivity index is 2.28. The molecule has 1 aromatic heterocycles. The van der Waals surface area contributed by atoms with E-state index in [1.54, 1.807) is 6.92 Å². The Morgan fingerprint density at radius 2 is 1.91 bits per heavy atom. The van der Waals surface area contributed by atoms with Crippen molar-refractivity contribution < 1.29 is 4.79 Å². The van der Waals surface area contributed by atoms with E-state index in [4.69, 9.17) is 0 Å². The van der Waals surface area contributed by atoms with Crippen molar-refractivity contribution in [3.8, 4) is 5.69 Å². The number of unbranched alkanes of at least 4 members (excludes halogenated alkanes) is 1. The molecule has 0 saturated carbocycles. The van der Waals surface area contributed by atoms with Crippen LogP contribution in [0.4, 0.5) is 0 Å². The van der Waals surface area contributed by atoms with Gasteiger partial charge in [0.1, 0.15) is 0 Å². The molecule has 1 aliphatic rings. The molecule has 0 amide bonds. The molecule has 2 aromatic rings. The Hall–Kier alpha value is -1.83. The van der Waals surface area contributed by atoms with Crippen molar-refractivity contribution in [1.82, 2.24) is 4.57 Å². The maximum absolute atomic E-state index is 12.4. The summed E-state index contributed by atoms with van der Waals surface area (Å²) in [4.78, 5) is 12.4. The van der Waals surface area contributed by atoms with Crippen LogP contribution >= 0.6 is 0 Å². The van der Waals surface area contributed by atoms with Crippen molar-refractivity contribution in [2.45, 2.75) is 65.7 Å². The van der Waals surface area contributed by atoms with E-state index >= 15 is 0 Å². The first kappa shape index (κ1) is 16.0. The zero-order valence-corrected chi connectivity index (χ0v) is 14.6. The molecule has 122 valence electrons. The summed E-state index contributed by atoms with van der Waals surface area (Å²) in [5.41, 5.74) is 7.53. The topological polar surface area (TPSA) is 22.0 Å². The van der Waals surface area contributed by atoms with Gasteiger partial charge in [-0.3, -0.25) is 4.79 Å². The van der Waals surface area contributed by atoms with Crippen LogP contribution < -0.4 is 0 Å². The highest BCUT2D eigenvalue weighted by Crippen LogP contribution is 2.34. The lowest BCUT2D eigenvalue weighted by Crippen LogP contribution is -2.10. The van der Waals surface area contributed by atoms with Gasteiger partial charge in [0.2, 0.25) is 0 Å². The normalized spacial score (nSPS) is 13.9. The average molecular weight is 309 g/mol. The minimum absolute atomic E-state index is 0.238. The third kappa shape index (κ3) is 2.87. The number of carbonyl (C=O) groups is 1. The summed E-state index contributed by atoms with van der Waals surface area (Å²) in [7, 11) is 0. The molecule has 0 radical (unpaired) electrons. The van der Waals surface area contributed by atoms with Crippen molar-refractivity contribution in [1.29, 1.82) is 0 Å². The van der Waals surface area contributed by atoms with Gasteiger partial charge in [-0.15, -0.1) is 0 Å². The Bertz CT molecular complexity index is 724. The molecule has 2 nitrogen and oxygen atoms in total. The summed E-state index contributed by atoms with van der Waals surface area (Å²) in [5, 5.41) is 0. The van der Waals surface area contributed by atoms with Gasteiger partial charge in [-0.25, -0.2) is 0 Å². The van der Waals surface area contributed by atoms with Gasteiger partial charge in [0.05, 0.1) is 0 Å². The molecule has 3 rings (SSSR count). The number of benzene rings is 1. The molecule has 1 aromatic carbocycles. The van der Waals surface area contributed by atoms with Crippen LogP contribution in [0, 0.1) is 6.92 Å². The van der Waals surface area contributed by atoms with Crippen LogP contribution in [-0.4, -0.2) is 10.4 Å². The van der Waals surface area contributed by atoms with Gasteiger partial charge in [-0.2, -0.15) is 0 Å². The second-order valence-corrected chi connectivity index (χ2v) is 6.74. The summed E-state index contributed by atoms with van der Waals surface area (Å²) in [6.07, 6.45) is 7.87. The predicted molar refractivity (Wildman–Crippen MR) is 95.8 cm³/mol. The highest BCUT2D eigenvalue weighted by molar-refractivity contribution is 5.97. The third-order valence-electron chi connectivity index (χ3n) is 5.04. The molecule has 0 aliphatic heterocycles. The van der Waals surface area contributed by atoms with E-state index in [9.17, 15) is 4.79 Å². The van der Waals surface area contributed by atoms with Gasteiger partial charge in [0.15, 0.2) is 5.78 Å². The zero-order valence-electron chi connectivity index (χ0n) is 14.6. The summed E-state index contributed by atoms with van der Waals surface area (Å²) < 4.78 is 2.43. The lowest BCUT2D eigenvalue weighted by Gasteiger charge is -2.18. The van der Waals surface area contributed by atoms with Crippen molar-refractivity contribution in [2.24, 2.45) is 0 Å². The fraction of sp³-hybridized carbons (Fsp3) is 0.476. The smallest absolute Gasteiger partial charge is 0.161 e. The monoisotopic (exact) mass is 309 g/mol. The maximum atomic E-state index is 12.4. The standard InChI is InChI=1S/C21H27NO/c1-4-5-12-20-21(16(3)23)17-11-7-9-14-19(17)22(20)18-13-8-6-10-15(18)2/h6,8,10,13H,4-5,7,9,11-12,14H2,1-3H3. The summed E-state index contributed by atoms with van der Waals surface area (Å²) in [6, 6.07) is 8.56. The SMILES string of the molecule is CCCCc1c(C(C)=O)c2c(n1-c1ccccc1C)CCCC2. The quantitative estimate of drug-likeness (QED) is 0.695. The van der Waals surface area contributed by atoms with Crippen LogP contribution in [-0.2, 0) is 19.3 Å². The first-order valence-electron chi connectivity index (χ1n) is 8.97. The minimum Gasteiger partial charge on any atom is -0.317 e. The number of hydrogen-bond donors (Lipinski definition) is 0. The highest BCUT2D eigenvalue weighted by Gasteiger charge is 2.27. The molecular weight excluding hydrogens is 282 g/mol. The first-order valence-corrected chi connectivity index (χ1v) is 8.97. The van der Waals surface area contributed by atoms with Gasteiger partial charge < -0.3 is 4.57 Å². The van der Waals surface area contributed by atoms with Crippen LogP contribution in [0.15, 0.2) is 24.3 Å². The van der Waals surface area contributed by atoms with Gasteiger partial charge in [-0.1, -0.05) is 31.5 Å². The van der Waals surface area contributed by atoms with Gasteiger partial charge >= 0.3 is 0 Å². The minimum atomic E-state index is 0.238. The number of nitrogens with zero attached hydrogens (tertiary/aromatic N) is 1. The summed E-state index contributed by atoms with van der Waals surface area (Å²) in [6.45, 7) is 6.12. The molecule has 0 unspecified atom stereocenters. The Morgan fingerprint density at radius 1 is 1.17 bits per heavy atom. The zero-order chi connectivity index (χ0) is 16.4. The van der Waals surface area contributed by atoms with Crippen molar-refractivity contribution in [3.63, 3.8) is 0 Å². The number of Topliss-reactive ketones (excluding diaryl/α,β-unsaturated/α-hetero) is 1. The number of aromatic nitrogens is 1. The molecule has 1 heterocycles. The molecule has 0 atom stereocenters. The van der Waals surface area contributed by atoms with Gasteiger partial charge in [0, 0.05) is 22.6 Å².